The van der Waals surface area contributed by atoms with Crippen LogP contribution in [-0.2, 0) is 0 Å². The van der Waals surface area contributed by atoms with E-state index in [4.69, 9.17) is 0 Å². The predicted octanol–water partition coefficient (Wildman–Crippen LogP) is 4.91. The molecule has 0 bridgehead atoms. The third kappa shape index (κ3) is 4.52. The molecule has 0 N–H and O–H groups in total. The Balaban J connectivity index is 1.27. The van der Waals surface area contributed by atoms with Crippen LogP contribution in [0.2, 0.25) is 0 Å². The fraction of sp³-hybridized carbons (Fsp3) is 0.542. The van der Waals surface area contributed by atoms with Crippen molar-refractivity contribution in [3.8, 4) is 0 Å². The number of aromatic nitrogens is 1. The van der Waals surface area contributed by atoms with Gasteiger partial charge in [0.2, 0.25) is 0 Å². The highest BCUT2D eigenvalue weighted by Crippen LogP contribution is 2.33. The number of likely N-dealkylation sites (tertiary alicyclic amines) is 1. The number of benzene rings is 1. The summed E-state index contributed by atoms with van der Waals surface area (Å²) < 4.78 is 0. The first kappa shape index (κ1) is 18.5. The largest absolute Gasteiger partial charge is 0.370 e. The Bertz CT molecular complexity index is 696. The maximum atomic E-state index is 4.25. The second kappa shape index (κ2) is 8.43. The minimum absolute atomic E-state index is 0.633. The van der Waals surface area contributed by atoms with E-state index in [1.807, 2.05) is 18.5 Å². The second-order valence-corrected chi connectivity index (χ2v) is 8.78. The van der Waals surface area contributed by atoms with Gasteiger partial charge in [0.25, 0.3) is 0 Å². The molecule has 2 aliphatic heterocycles. The zero-order valence-corrected chi connectivity index (χ0v) is 16.8. The molecule has 0 atom stereocenters. The van der Waals surface area contributed by atoms with E-state index in [1.54, 1.807) is 0 Å². The molecule has 2 aliphatic rings. The summed E-state index contributed by atoms with van der Waals surface area (Å²) in [7, 11) is 0. The van der Waals surface area contributed by atoms with Gasteiger partial charge in [-0.1, -0.05) is 32.0 Å². The number of rotatable bonds is 6. The molecular weight excluding hydrogens is 330 g/mol. The molecule has 3 heterocycles. The zero-order valence-electron chi connectivity index (χ0n) is 16.8. The normalized spacial score (nSPS) is 19.4. The lowest BCUT2D eigenvalue weighted by molar-refractivity contribution is 0.202. The van der Waals surface area contributed by atoms with Crippen molar-refractivity contribution in [3.63, 3.8) is 0 Å². The third-order valence-corrected chi connectivity index (χ3v) is 6.38. The monoisotopic (exact) mass is 363 g/mol. The van der Waals surface area contributed by atoms with Crippen LogP contribution in [0.4, 0.5) is 5.69 Å². The van der Waals surface area contributed by atoms with Crippen molar-refractivity contribution in [3.05, 3.63) is 59.9 Å². The number of hydrogen-bond acceptors (Lipinski definition) is 3. The van der Waals surface area contributed by atoms with Crippen LogP contribution < -0.4 is 4.90 Å². The number of hydrogen-bond donors (Lipinski definition) is 0. The topological polar surface area (TPSA) is 19.4 Å². The summed E-state index contributed by atoms with van der Waals surface area (Å²) in [5.41, 5.74) is 4.27. The Morgan fingerprint density at radius 2 is 1.70 bits per heavy atom. The molecule has 3 nitrogen and oxygen atoms in total. The van der Waals surface area contributed by atoms with Crippen LogP contribution in [0, 0.1) is 5.92 Å². The van der Waals surface area contributed by atoms with Gasteiger partial charge >= 0.3 is 0 Å². The molecule has 0 aliphatic carbocycles. The SMILES string of the molecule is CC(C)CCN1CCC(c2ccc(N3CC(c4cccnc4)C3)cc2)CC1. The molecule has 1 aromatic heterocycles. The van der Waals surface area contributed by atoms with Gasteiger partial charge in [-0.2, -0.15) is 0 Å². The molecule has 2 aromatic rings. The minimum Gasteiger partial charge on any atom is -0.370 e. The Hall–Kier alpha value is -1.87. The summed E-state index contributed by atoms with van der Waals surface area (Å²) in [6.45, 7) is 10.7. The summed E-state index contributed by atoms with van der Waals surface area (Å²) in [6, 6.07) is 13.7. The van der Waals surface area contributed by atoms with Gasteiger partial charge < -0.3 is 9.80 Å². The van der Waals surface area contributed by atoms with Crippen LogP contribution in [0.5, 0.6) is 0 Å². The van der Waals surface area contributed by atoms with E-state index in [1.165, 1.54) is 55.7 Å². The van der Waals surface area contributed by atoms with Gasteiger partial charge in [0.15, 0.2) is 0 Å². The van der Waals surface area contributed by atoms with E-state index in [-0.39, 0.29) is 0 Å². The molecule has 0 spiro atoms. The van der Waals surface area contributed by atoms with Crippen molar-refractivity contribution in [2.45, 2.75) is 44.9 Å². The van der Waals surface area contributed by atoms with Crippen LogP contribution in [0.15, 0.2) is 48.8 Å². The molecule has 0 amide bonds. The molecule has 0 radical (unpaired) electrons. The summed E-state index contributed by atoms with van der Waals surface area (Å²) >= 11 is 0. The molecule has 1 aromatic carbocycles. The highest BCUT2D eigenvalue weighted by atomic mass is 15.2. The first-order chi connectivity index (χ1) is 13.2. The van der Waals surface area contributed by atoms with Crippen molar-refractivity contribution < 1.29 is 0 Å². The van der Waals surface area contributed by atoms with Crippen molar-refractivity contribution in [2.24, 2.45) is 5.92 Å². The average molecular weight is 364 g/mol. The van der Waals surface area contributed by atoms with Gasteiger partial charge in [0.1, 0.15) is 0 Å². The van der Waals surface area contributed by atoms with E-state index in [9.17, 15) is 0 Å². The van der Waals surface area contributed by atoms with Gasteiger partial charge in [-0.05, 0) is 80.1 Å². The molecule has 27 heavy (non-hydrogen) atoms. The van der Waals surface area contributed by atoms with E-state index in [0.717, 1.165) is 24.9 Å². The Morgan fingerprint density at radius 3 is 2.33 bits per heavy atom. The molecule has 3 heteroatoms. The minimum atomic E-state index is 0.633. The second-order valence-electron chi connectivity index (χ2n) is 8.78. The summed E-state index contributed by atoms with van der Waals surface area (Å²) in [4.78, 5) is 9.39. The Morgan fingerprint density at radius 1 is 0.963 bits per heavy atom. The molecule has 0 unspecified atom stereocenters. The highest BCUT2D eigenvalue weighted by molar-refractivity contribution is 5.52. The fourth-order valence-electron chi connectivity index (χ4n) is 4.41. The Kier molecular flexibility index (Phi) is 5.77. The van der Waals surface area contributed by atoms with Gasteiger partial charge in [0, 0.05) is 37.1 Å². The van der Waals surface area contributed by atoms with Crippen LogP contribution in [0.25, 0.3) is 0 Å². The maximum absolute atomic E-state index is 4.25. The summed E-state index contributed by atoms with van der Waals surface area (Å²) in [5.74, 6) is 2.19. The van der Waals surface area contributed by atoms with Crippen molar-refractivity contribution in [1.29, 1.82) is 0 Å². The van der Waals surface area contributed by atoms with Gasteiger partial charge in [0.05, 0.1) is 0 Å². The third-order valence-electron chi connectivity index (χ3n) is 6.38. The van der Waals surface area contributed by atoms with Crippen LogP contribution in [0.1, 0.15) is 56.1 Å². The zero-order chi connectivity index (χ0) is 18.6. The lowest BCUT2D eigenvalue weighted by Crippen LogP contribution is -2.45. The predicted molar refractivity (Wildman–Crippen MR) is 114 cm³/mol. The van der Waals surface area contributed by atoms with Crippen LogP contribution >= 0.6 is 0 Å². The van der Waals surface area contributed by atoms with Crippen molar-refractivity contribution in [1.82, 2.24) is 9.88 Å². The molecular formula is C24H33N3. The smallest absolute Gasteiger partial charge is 0.0366 e. The van der Waals surface area contributed by atoms with E-state index < -0.39 is 0 Å². The standard InChI is InChI=1S/C24H33N3/c1-19(2)9-13-26-14-10-21(11-15-26)20-5-7-24(8-6-20)27-17-23(18-27)22-4-3-12-25-16-22/h3-8,12,16,19,21,23H,9-11,13-15,17-18H2,1-2H3. The molecule has 144 valence electrons. The molecule has 2 saturated heterocycles. The quantitative estimate of drug-likeness (QED) is 0.727. The first-order valence-corrected chi connectivity index (χ1v) is 10.7. The van der Waals surface area contributed by atoms with Crippen LogP contribution in [-0.4, -0.2) is 42.6 Å². The lowest BCUT2D eigenvalue weighted by Gasteiger charge is -2.41. The maximum Gasteiger partial charge on any atom is 0.0366 e. The van der Waals surface area contributed by atoms with Crippen LogP contribution in [0.3, 0.4) is 0 Å². The number of nitrogens with zero attached hydrogens (tertiary/aromatic N) is 3. The van der Waals surface area contributed by atoms with Crippen molar-refractivity contribution >= 4 is 5.69 Å². The lowest BCUT2D eigenvalue weighted by atomic mass is 9.88. The fourth-order valence-corrected chi connectivity index (χ4v) is 4.41. The summed E-state index contributed by atoms with van der Waals surface area (Å²) in [6.07, 6.45) is 7.82. The number of pyridine rings is 1. The molecule has 0 saturated carbocycles. The summed E-state index contributed by atoms with van der Waals surface area (Å²) in [5, 5.41) is 0. The highest BCUT2D eigenvalue weighted by Gasteiger charge is 2.28. The van der Waals surface area contributed by atoms with E-state index >= 15 is 0 Å². The Labute approximate surface area is 164 Å². The van der Waals surface area contributed by atoms with Crippen molar-refractivity contribution in [2.75, 3.05) is 37.6 Å². The van der Waals surface area contributed by atoms with E-state index in [0.29, 0.717) is 5.92 Å². The molecule has 2 fully saturated rings. The van der Waals surface area contributed by atoms with E-state index in [2.05, 4.69) is 59.0 Å². The van der Waals surface area contributed by atoms with Gasteiger partial charge in [-0.25, -0.2) is 0 Å². The number of piperidine rings is 1. The first-order valence-electron chi connectivity index (χ1n) is 10.7. The number of anilines is 1. The molecule has 4 rings (SSSR count). The van der Waals surface area contributed by atoms with Gasteiger partial charge in [-0.15, -0.1) is 0 Å². The average Bonchev–Trinajstić information content (AvgIpc) is 2.67. The van der Waals surface area contributed by atoms with Gasteiger partial charge in [-0.3, -0.25) is 4.98 Å².